The Morgan fingerprint density at radius 2 is 2.08 bits per heavy atom. The van der Waals surface area contributed by atoms with E-state index in [1.807, 2.05) is 0 Å². The Balaban J connectivity index is 2.14. The zero-order chi connectivity index (χ0) is 8.97. The molecule has 0 aromatic rings. The van der Waals surface area contributed by atoms with Crippen LogP contribution >= 0.6 is 0 Å². The van der Waals surface area contributed by atoms with Crippen LogP contribution in [0.25, 0.3) is 0 Å². The monoisotopic (exact) mass is 169 g/mol. The van der Waals surface area contributed by atoms with Crippen LogP contribution in [-0.4, -0.2) is 12.6 Å². The minimum Gasteiger partial charge on any atom is -0.314 e. The SMILES string of the molecule is CC(C)CN[C@H]1CCC[C@@H](C)C1. The third kappa shape index (κ3) is 3.57. The molecule has 0 unspecified atom stereocenters. The van der Waals surface area contributed by atoms with Crippen LogP contribution in [-0.2, 0) is 0 Å². The maximum Gasteiger partial charge on any atom is 0.00697 e. The minimum atomic E-state index is 0.794. The Morgan fingerprint density at radius 1 is 1.33 bits per heavy atom. The van der Waals surface area contributed by atoms with Gasteiger partial charge in [-0.05, 0) is 31.2 Å². The van der Waals surface area contributed by atoms with Crippen molar-refractivity contribution in [2.45, 2.75) is 52.5 Å². The first-order valence-electron chi connectivity index (χ1n) is 5.42. The first-order valence-corrected chi connectivity index (χ1v) is 5.42. The number of nitrogens with one attached hydrogen (secondary N) is 1. The summed E-state index contributed by atoms with van der Waals surface area (Å²) < 4.78 is 0. The van der Waals surface area contributed by atoms with E-state index < -0.39 is 0 Å². The Morgan fingerprint density at radius 3 is 2.67 bits per heavy atom. The van der Waals surface area contributed by atoms with E-state index in [1.165, 1.54) is 32.2 Å². The van der Waals surface area contributed by atoms with E-state index in [4.69, 9.17) is 0 Å². The molecule has 0 bridgehead atoms. The highest BCUT2D eigenvalue weighted by molar-refractivity contribution is 4.75. The van der Waals surface area contributed by atoms with Gasteiger partial charge in [0.05, 0.1) is 0 Å². The van der Waals surface area contributed by atoms with Crippen LogP contribution in [0.2, 0.25) is 0 Å². The average molecular weight is 169 g/mol. The van der Waals surface area contributed by atoms with Gasteiger partial charge in [0.1, 0.15) is 0 Å². The molecule has 0 radical (unpaired) electrons. The van der Waals surface area contributed by atoms with Gasteiger partial charge in [0.15, 0.2) is 0 Å². The lowest BCUT2D eigenvalue weighted by Gasteiger charge is -2.28. The molecule has 1 aliphatic carbocycles. The first kappa shape index (κ1) is 10.0. The van der Waals surface area contributed by atoms with E-state index in [0.29, 0.717) is 0 Å². The van der Waals surface area contributed by atoms with E-state index in [2.05, 4.69) is 26.1 Å². The van der Waals surface area contributed by atoms with Crippen molar-refractivity contribution in [1.29, 1.82) is 0 Å². The van der Waals surface area contributed by atoms with E-state index in [0.717, 1.165) is 17.9 Å². The van der Waals surface area contributed by atoms with Gasteiger partial charge in [-0.1, -0.05) is 33.6 Å². The van der Waals surface area contributed by atoms with Gasteiger partial charge in [-0.3, -0.25) is 0 Å². The van der Waals surface area contributed by atoms with E-state index in [1.54, 1.807) is 0 Å². The number of hydrogen-bond acceptors (Lipinski definition) is 1. The van der Waals surface area contributed by atoms with Gasteiger partial charge in [0, 0.05) is 6.04 Å². The van der Waals surface area contributed by atoms with Crippen LogP contribution in [0.5, 0.6) is 0 Å². The van der Waals surface area contributed by atoms with Crippen molar-refractivity contribution in [1.82, 2.24) is 5.32 Å². The van der Waals surface area contributed by atoms with Crippen LogP contribution in [0.1, 0.15) is 46.5 Å². The molecule has 2 atom stereocenters. The van der Waals surface area contributed by atoms with Crippen molar-refractivity contribution < 1.29 is 0 Å². The second-order valence-corrected chi connectivity index (χ2v) is 4.77. The third-order valence-corrected chi connectivity index (χ3v) is 2.75. The summed E-state index contributed by atoms with van der Waals surface area (Å²) in [6.07, 6.45) is 5.67. The number of rotatable bonds is 3. The summed E-state index contributed by atoms with van der Waals surface area (Å²) in [5.41, 5.74) is 0. The van der Waals surface area contributed by atoms with Gasteiger partial charge >= 0.3 is 0 Å². The predicted molar refractivity (Wildman–Crippen MR) is 54.3 cm³/mol. The van der Waals surface area contributed by atoms with Gasteiger partial charge < -0.3 is 5.32 Å². The summed E-state index contributed by atoms with van der Waals surface area (Å²) in [6, 6.07) is 0.816. The molecule has 0 heterocycles. The van der Waals surface area contributed by atoms with Crippen LogP contribution in [0, 0.1) is 11.8 Å². The lowest BCUT2D eigenvalue weighted by atomic mass is 9.87. The molecule has 1 heteroatoms. The normalized spacial score (nSPS) is 31.0. The average Bonchev–Trinajstić information content (AvgIpc) is 2.01. The highest BCUT2D eigenvalue weighted by atomic mass is 14.9. The lowest BCUT2D eigenvalue weighted by Crippen LogP contribution is -2.35. The lowest BCUT2D eigenvalue weighted by molar-refractivity contribution is 0.294. The summed E-state index contributed by atoms with van der Waals surface area (Å²) in [6.45, 7) is 8.12. The molecule has 0 saturated heterocycles. The molecule has 0 amide bonds. The molecule has 1 saturated carbocycles. The highest BCUT2D eigenvalue weighted by Crippen LogP contribution is 2.23. The fourth-order valence-electron chi connectivity index (χ4n) is 2.02. The van der Waals surface area contributed by atoms with Crippen LogP contribution < -0.4 is 5.32 Å². The van der Waals surface area contributed by atoms with Crippen LogP contribution in [0.3, 0.4) is 0 Å². The highest BCUT2D eigenvalue weighted by Gasteiger charge is 2.17. The van der Waals surface area contributed by atoms with E-state index in [9.17, 15) is 0 Å². The summed E-state index contributed by atoms with van der Waals surface area (Å²) in [4.78, 5) is 0. The Bertz CT molecular complexity index is 120. The van der Waals surface area contributed by atoms with Gasteiger partial charge in [-0.25, -0.2) is 0 Å². The molecular weight excluding hydrogens is 146 g/mol. The molecule has 1 rings (SSSR count). The van der Waals surface area contributed by atoms with Crippen molar-refractivity contribution in [3.8, 4) is 0 Å². The molecule has 72 valence electrons. The summed E-state index contributed by atoms with van der Waals surface area (Å²) in [7, 11) is 0. The Hall–Kier alpha value is -0.0400. The first-order chi connectivity index (χ1) is 5.68. The maximum atomic E-state index is 3.65. The molecular formula is C11H23N. The maximum absolute atomic E-state index is 3.65. The Labute approximate surface area is 76.9 Å². The van der Waals surface area contributed by atoms with Crippen molar-refractivity contribution in [2.24, 2.45) is 11.8 Å². The topological polar surface area (TPSA) is 12.0 Å². The standard InChI is InChI=1S/C11H23N/c1-9(2)8-12-11-6-4-5-10(3)7-11/h9-12H,4-8H2,1-3H3/t10-,11+/m1/s1. The van der Waals surface area contributed by atoms with Crippen molar-refractivity contribution in [2.75, 3.05) is 6.54 Å². The molecule has 12 heavy (non-hydrogen) atoms. The molecule has 0 aromatic heterocycles. The van der Waals surface area contributed by atoms with E-state index in [-0.39, 0.29) is 0 Å². The molecule has 0 spiro atoms. The molecule has 1 N–H and O–H groups in total. The predicted octanol–water partition coefficient (Wildman–Crippen LogP) is 2.81. The Kier molecular flexibility index (Phi) is 4.07. The van der Waals surface area contributed by atoms with Gasteiger partial charge in [0.25, 0.3) is 0 Å². The fourth-order valence-corrected chi connectivity index (χ4v) is 2.02. The molecule has 0 aliphatic heterocycles. The fraction of sp³-hybridized carbons (Fsp3) is 1.00. The molecule has 1 aliphatic rings. The molecule has 1 fully saturated rings. The summed E-state index contributed by atoms with van der Waals surface area (Å²) in [5, 5.41) is 3.65. The van der Waals surface area contributed by atoms with Crippen molar-refractivity contribution in [3.05, 3.63) is 0 Å². The second-order valence-electron chi connectivity index (χ2n) is 4.77. The largest absolute Gasteiger partial charge is 0.314 e. The summed E-state index contributed by atoms with van der Waals surface area (Å²) in [5.74, 6) is 1.74. The second kappa shape index (κ2) is 4.86. The van der Waals surface area contributed by atoms with Crippen molar-refractivity contribution in [3.63, 3.8) is 0 Å². The zero-order valence-corrected chi connectivity index (χ0v) is 8.77. The van der Waals surface area contributed by atoms with Gasteiger partial charge in [0.2, 0.25) is 0 Å². The van der Waals surface area contributed by atoms with E-state index >= 15 is 0 Å². The molecule has 1 nitrogen and oxygen atoms in total. The summed E-state index contributed by atoms with van der Waals surface area (Å²) >= 11 is 0. The smallest absolute Gasteiger partial charge is 0.00697 e. The zero-order valence-electron chi connectivity index (χ0n) is 8.77. The van der Waals surface area contributed by atoms with Gasteiger partial charge in [-0.15, -0.1) is 0 Å². The number of hydrogen-bond donors (Lipinski definition) is 1. The van der Waals surface area contributed by atoms with Gasteiger partial charge in [-0.2, -0.15) is 0 Å². The molecule has 0 aromatic carbocycles. The third-order valence-electron chi connectivity index (χ3n) is 2.75. The minimum absolute atomic E-state index is 0.794. The van der Waals surface area contributed by atoms with Crippen LogP contribution in [0.4, 0.5) is 0 Å². The van der Waals surface area contributed by atoms with Crippen molar-refractivity contribution >= 4 is 0 Å². The quantitative estimate of drug-likeness (QED) is 0.685. The van der Waals surface area contributed by atoms with Crippen LogP contribution in [0.15, 0.2) is 0 Å².